The van der Waals surface area contributed by atoms with Gasteiger partial charge in [0.15, 0.2) is 5.01 Å². The zero-order valence-corrected chi connectivity index (χ0v) is 12.4. The van der Waals surface area contributed by atoms with Crippen LogP contribution in [-0.2, 0) is 0 Å². The molecule has 3 rings (SSSR count). The van der Waals surface area contributed by atoms with Crippen molar-refractivity contribution in [3.8, 4) is 5.69 Å². The van der Waals surface area contributed by atoms with Gasteiger partial charge < -0.3 is 0 Å². The molecule has 2 aromatic carbocycles. The fourth-order valence-electron chi connectivity index (χ4n) is 1.88. The summed E-state index contributed by atoms with van der Waals surface area (Å²) >= 11 is 6.99. The number of nitrogens with zero attached hydrogens (tertiary/aromatic N) is 2. The highest BCUT2D eigenvalue weighted by Crippen LogP contribution is 2.15. The van der Waals surface area contributed by atoms with Crippen LogP contribution in [-0.4, -0.2) is 15.6 Å². The Bertz CT molecular complexity index is 855. The number of aromatic nitrogens is 2. The summed E-state index contributed by atoms with van der Waals surface area (Å²) in [4.78, 5) is 12.5. The van der Waals surface area contributed by atoms with Crippen molar-refractivity contribution in [1.29, 1.82) is 5.41 Å². The van der Waals surface area contributed by atoms with E-state index in [1.807, 2.05) is 6.07 Å². The number of rotatable bonds is 3. The molecule has 6 heteroatoms. The molecule has 0 unspecified atom stereocenters. The molecule has 1 N–H and O–H groups in total. The van der Waals surface area contributed by atoms with Crippen molar-refractivity contribution in [2.75, 3.05) is 0 Å². The van der Waals surface area contributed by atoms with E-state index in [4.69, 9.17) is 17.0 Å². The first kappa shape index (κ1) is 13.7. The Morgan fingerprint density at radius 2 is 1.90 bits per heavy atom. The smallest absolute Gasteiger partial charge is 0.223 e. The fraction of sp³-hybridized carbons (Fsp3) is 0. The van der Waals surface area contributed by atoms with Crippen molar-refractivity contribution in [2.45, 2.75) is 0 Å². The number of halogens is 1. The summed E-state index contributed by atoms with van der Waals surface area (Å²) in [6, 6.07) is 15.9. The number of carbonyl (C=O) groups is 1. The first-order valence-corrected chi connectivity index (χ1v) is 7.35. The summed E-state index contributed by atoms with van der Waals surface area (Å²) in [5.74, 6) is -0.185. The van der Waals surface area contributed by atoms with Crippen LogP contribution in [0.2, 0.25) is 5.02 Å². The van der Waals surface area contributed by atoms with E-state index >= 15 is 0 Å². The molecule has 4 nitrogen and oxygen atoms in total. The van der Waals surface area contributed by atoms with Gasteiger partial charge in [-0.2, -0.15) is 5.10 Å². The Morgan fingerprint density at radius 1 is 1.14 bits per heavy atom. The molecule has 0 bridgehead atoms. The summed E-state index contributed by atoms with van der Waals surface area (Å²) in [7, 11) is 0. The maximum atomic E-state index is 12.3. The highest BCUT2D eigenvalue weighted by molar-refractivity contribution is 7.11. The molecular weight excluding hydrogens is 306 g/mol. The van der Waals surface area contributed by atoms with Gasteiger partial charge in [-0.25, -0.2) is 4.68 Å². The van der Waals surface area contributed by atoms with Gasteiger partial charge in [0, 0.05) is 10.6 Å². The standard InChI is InChI=1S/C15H10ClN3OS/c16-11-7-4-8-12(9-11)19-15(17)21-14(18-19)13(20)10-5-2-1-3-6-10/h1-9,17H. The third kappa shape index (κ3) is 2.79. The molecule has 0 saturated carbocycles. The maximum Gasteiger partial charge on any atom is 0.223 e. The van der Waals surface area contributed by atoms with Crippen LogP contribution in [0.15, 0.2) is 54.6 Å². The van der Waals surface area contributed by atoms with Gasteiger partial charge in [0.1, 0.15) is 0 Å². The lowest BCUT2D eigenvalue weighted by molar-refractivity contribution is 0.103. The number of hydrogen-bond acceptors (Lipinski definition) is 4. The average Bonchev–Trinajstić information content (AvgIpc) is 2.89. The normalized spacial score (nSPS) is 10.5. The monoisotopic (exact) mass is 315 g/mol. The Balaban J connectivity index is 2.03. The van der Waals surface area contributed by atoms with Crippen molar-refractivity contribution in [2.24, 2.45) is 0 Å². The fourth-order valence-corrected chi connectivity index (χ4v) is 2.81. The second-order valence-corrected chi connectivity index (χ2v) is 5.71. The van der Waals surface area contributed by atoms with Crippen molar-refractivity contribution in [3.05, 3.63) is 75.0 Å². The minimum Gasteiger partial charge on any atom is -0.286 e. The summed E-state index contributed by atoms with van der Waals surface area (Å²) in [5, 5.41) is 13.1. The Kier molecular flexibility index (Phi) is 3.68. The Hall–Kier alpha value is -2.24. The molecule has 3 aromatic rings. The van der Waals surface area contributed by atoms with Crippen LogP contribution < -0.4 is 4.80 Å². The van der Waals surface area contributed by atoms with Crippen LogP contribution in [0.25, 0.3) is 5.69 Å². The molecule has 0 aliphatic rings. The molecule has 104 valence electrons. The molecule has 0 amide bonds. The summed E-state index contributed by atoms with van der Waals surface area (Å²) < 4.78 is 1.41. The molecule has 21 heavy (non-hydrogen) atoms. The van der Waals surface area contributed by atoms with Gasteiger partial charge >= 0.3 is 0 Å². The minimum atomic E-state index is -0.185. The summed E-state index contributed by atoms with van der Waals surface area (Å²) in [6.45, 7) is 0. The Labute approximate surface area is 129 Å². The third-order valence-corrected chi connectivity index (χ3v) is 3.92. The predicted molar refractivity (Wildman–Crippen MR) is 82.2 cm³/mol. The second-order valence-electron chi connectivity index (χ2n) is 4.30. The van der Waals surface area contributed by atoms with Gasteiger partial charge in [-0.1, -0.05) is 59.3 Å². The lowest BCUT2D eigenvalue weighted by Gasteiger charge is -2.00. The van der Waals surface area contributed by atoms with E-state index in [1.165, 1.54) is 4.68 Å². The van der Waals surface area contributed by atoms with E-state index in [0.717, 1.165) is 11.3 Å². The largest absolute Gasteiger partial charge is 0.286 e. The highest BCUT2D eigenvalue weighted by atomic mass is 35.5. The molecule has 0 aliphatic carbocycles. The molecule has 1 aromatic heterocycles. The van der Waals surface area contributed by atoms with Gasteiger partial charge in [0.05, 0.1) is 5.69 Å². The van der Waals surface area contributed by atoms with E-state index in [0.29, 0.717) is 16.3 Å². The van der Waals surface area contributed by atoms with E-state index in [1.54, 1.807) is 48.5 Å². The molecule has 0 saturated heterocycles. The van der Waals surface area contributed by atoms with Crippen LogP contribution in [0, 0.1) is 5.41 Å². The summed E-state index contributed by atoms with van der Waals surface area (Å²) in [5.41, 5.74) is 1.22. The zero-order chi connectivity index (χ0) is 14.8. The molecule has 0 radical (unpaired) electrons. The molecule has 0 spiro atoms. The van der Waals surface area contributed by atoms with Gasteiger partial charge in [-0.3, -0.25) is 10.2 Å². The second kappa shape index (κ2) is 5.63. The third-order valence-electron chi connectivity index (χ3n) is 2.86. The molecular formula is C15H10ClN3OS. The van der Waals surface area contributed by atoms with Crippen LogP contribution in [0.4, 0.5) is 0 Å². The average molecular weight is 316 g/mol. The molecule has 0 atom stereocenters. The van der Waals surface area contributed by atoms with Crippen LogP contribution in [0.1, 0.15) is 15.4 Å². The van der Waals surface area contributed by atoms with E-state index in [9.17, 15) is 4.79 Å². The molecule has 0 aliphatic heterocycles. The van der Waals surface area contributed by atoms with Gasteiger partial charge in [-0.05, 0) is 18.2 Å². The molecule has 1 heterocycles. The first-order valence-electron chi connectivity index (χ1n) is 6.15. The highest BCUT2D eigenvalue weighted by Gasteiger charge is 2.15. The number of hydrogen-bond donors (Lipinski definition) is 1. The van der Waals surface area contributed by atoms with E-state index in [-0.39, 0.29) is 15.6 Å². The van der Waals surface area contributed by atoms with Crippen molar-refractivity contribution >= 4 is 28.7 Å². The quantitative estimate of drug-likeness (QED) is 0.754. The van der Waals surface area contributed by atoms with E-state index in [2.05, 4.69) is 5.10 Å². The number of nitrogens with one attached hydrogen (secondary N) is 1. The summed E-state index contributed by atoms with van der Waals surface area (Å²) in [6.07, 6.45) is 0. The maximum absolute atomic E-state index is 12.3. The number of benzene rings is 2. The van der Waals surface area contributed by atoms with Crippen LogP contribution >= 0.6 is 22.9 Å². The number of ketones is 1. The lowest BCUT2D eigenvalue weighted by Crippen LogP contribution is -2.12. The van der Waals surface area contributed by atoms with Gasteiger partial charge in [-0.15, -0.1) is 0 Å². The zero-order valence-electron chi connectivity index (χ0n) is 10.8. The van der Waals surface area contributed by atoms with Gasteiger partial charge in [0.2, 0.25) is 10.6 Å². The van der Waals surface area contributed by atoms with Gasteiger partial charge in [0.25, 0.3) is 0 Å². The molecule has 0 fully saturated rings. The van der Waals surface area contributed by atoms with E-state index < -0.39 is 0 Å². The first-order chi connectivity index (χ1) is 10.1. The lowest BCUT2D eigenvalue weighted by atomic mass is 10.1. The minimum absolute atomic E-state index is 0.177. The van der Waals surface area contributed by atoms with Crippen molar-refractivity contribution in [1.82, 2.24) is 9.78 Å². The van der Waals surface area contributed by atoms with Crippen molar-refractivity contribution in [3.63, 3.8) is 0 Å². The van der Waals surface area contributed by atoms with Crippen molar-refractivity contribution < 1.29 is 4.79 Å². The Morgan fingerprint density at radius 3 is 2.62 bits per heavy atom. The SMILES string of the molecule is N=c1sc(C(=O)c2ccccc2)nn1-c1cccc(Cl)c1. The number of carbonyl (C=O) groups excluding carboxylic acids is 1. The predicted octanol–water partition coefficient (Wildman–Crippen LogP) is 3.30. The van der Waals surface area contributed by atoms with Crippen LogP contribution in [0.5, 0.6) is 0 Å². The van der Waals surface area contributed by atoms with Crippen LogP contribution in [0.3, 0.4) is 0 Å². The topological polar surface area (TPSA) is 58.7 Å².